The Morgan fingerprint density at radius 3 is 2.82 bits per heavy atom. The quantitative estimate of drug-likeness (QED) is 0.424. The Labute approximate surface area is 174 Å². The number of carbonyl (C=O) groups is 1. The van der Waals surface area contributed by atoms with Crippen molar-refractivity contribution in [3.63, 3.8) is 0 Å². The van der Waals surface area contributed by atoms with Gasteiger partial charge < -0.3 is 37.9 Å². The van der Waals surface area contributed by atoms with Crippen LogP contribution in [0.15, 0.2) is 42.6 Å². The molecule has 0 unspecified atom stereocenters. The van der Waals surface area contributed by atoms with Crippen LogP contribution in [-0.4, -0.2) is 31.2 Å². The first-order chi connectivity index (χ1) is 13.1. The number of para-hydroxylation sites is 1. The van der Waals surface area contributed by atoms with Crippen molar-refractivity contribution in [3.8, 4) is 11.5 Å². The van der Waals surface area contributed by atoms with Crippen LogP contribution in [0.4, 0.5) is 0 Å². The molecule has 1 amide bonds. The third-order valence-electron chi connectivity index (χ3n) is 4.22. The third-order valence-corrected chi connectivity index (χ3v) is 4.50. The molecule has 4 N–H and O–H groups in total. The highest BCUT2D eigenvalue weighted by atomic mass is 35.5. The van der Waals surface area contributed by atoms with E-state index in [9.17, 15) is 4.79 Å². The summed E-state index contributed by atoms with van der Waals surface area (Å²) >= 11 is 6.27. The second kappa shape index (κ2) is 10.2. The minimum absolute atomic E-state index is 0. The van der Waals surface area contributed by atoms with Gasteiger partial charge in [-0.25, -0.2) is 0 Å². The van der Waals surface area contributed by atoms with E-state index in [2.05, 4.69) is 28.6 Å². The first-order valence-electron chi connectivity index (χ1n) is 8.61. The monoisotopic (exact) mass is 422 g/mol. The first-order valence-corrected chi connectivity index (χ1v) is 8.99. The van der Waals surface area contributed by atoms with Crippen molar-refractivity contribution in [2.24, 2.45) is 5.73 Å². The van der Waals surface area contributed by atoms with Crippen LogP contribution in [-0.2, 0) is 17.8 Å². The lowest BCUT2D eigenvalue weighted by Gasteiger charge is -2.13. The van der Waals surface area contributed by atoms with Gasteiger partial charge in [0.05, 0.1) is 12.1 Å². The number of hydrogen-bond donors (Lipinski definition) is 3. The van der Waals surface area contributed by atoms with E-state index in [1.165, 1.54) is 18.1 Å². The van der Waals surface area contributed by atoms with Gasteiger partial charge in [0.25, 0.3) is 5.91 Å². The van der Waals surface area contributed by atoms with Gasteiger partial charge in [0.2, 0.25) is 0 Å². The molecule has 6 nitrogen and oxygen atoms in total. The number of nitrogens with two attached hydrogens (primary N) is 1. The van der Waals surface area contributed by atoms with Crippen molar-refractivity contribution in [2.45, 2.75) is 13.0 Å². The fraction of sp³-hybridized carbons (Fsp3) is 0.250. The molecule has 0 fully saturated rings. The van der Waals surface area contributed by atoms with Crippen LogP contribution in [0.2, 0.25) is 5.02 Å². The second-order valence-electron chi connectivity index (χ2n) is 6.15. The average molecular weight is 423 g/mol. The molecule has 3 aromatic rings. The van der Waals surface area contributed by atoms with Gasteiger partial charge >= 0.3 is 0 Å². The maximum absolute atomic E-state index is 10.9. The molecule has 0 atom stereocenters. The predicted molar refractivity (Wildman–Crippen MR) is 106 cm³/mol. The Morgan fingerprint density at radius 2 is 2.07 bits per heavy atom. The summed E-state index contributed by atoms with van der Waals surface area (Å²) in [6.07, 6.45) is 2.96. The van der Waals surface area contributed by atoms with Crippen molar-refractivity contribution in [1.29, 1.82) is 0 Å². The summed E-state index contributed by atoms with van der Waals surface area (Å²) in [5.41, 5.74) is 8.50. The molecule has 0 aliphatic heterocycles. The van der Waals surface area contributed by atoms with Crippen LogP contribution >= 0.6 is 11.6 Å². The van der Waals surface area contributed by atoms with Crippen molar-refractivity contribution < 1.29 is 26.7 Å². The van der Waals surface area contributed by atoms with Gasteiger partial charge in [0.15, 0.2) is 18.1 Å². The summed E-state index contributed by atoms with van der Waals surface area (Å²) in [5.74, 6) is 0.217. The Hall–Kier alpha value is -2.41. The Kier molecular flexibility index (Phi) is 7.99. The summed E-state index contributed by atoms with van der Waals surface area (Å²) < 4.78 is 10.7. The van der Waals surface area contributed by atoms with Crippen LogP contribution in [0.25, 0.3) is 10.9 Å². The first kappa shape index (κ1) is 21.9. The molecule has 2 aromatic carbocycles. The largest absolute Gasteiger partial charge is 1.00 e. The maximum Gasteiger partial charge on any atom is 0.255 e. The fourth-order valence-electron chi connectivity index (χ4n) is 2.95. The molecule has 28 heavy (non-hydrogen) atoms. The molecular formula is C20H22Cl2N3O3-. The van der Waals surface area contributed by atoms with E-state index in [-0.39, 0.29) is 19.0 Å². The Bertz CT molecular complexity index is 944. The Morgan fingerprint density at radius 1 is 1.29 bits per heavy atom. The highest BCUT2D eigenvalue weighted by molar-refractivity contribution is 6.32. The van der Waals surface area contributed by atoms with E-state index < -0.39 is 5.91 Å². The lowest BCUT2D eigenvalue weighted by atomic mass is 10.1. The summed E-state index contributed by atoms with van der Waals surface area (Å²) in [7, 11) is 1.52. The van der Waals surface area contributed by atoms with E-state index in [0.717, 1.165) is 24.0 Å². The topological polar surface area (TPSA) is 89.4 Å². The molecule has 3 rings (SSSR count). The van der Waals surface area contributed by atoms with Crippen LogP contribution in [0.5, 0.6) is 11.5 Å². The minimum atomic E-state index is -0.573. The third kappa shape index (κ3) is 5.32. The number of H-pyrrole nitrogens is 1. The lowest BCUT2D eigenvalue weighted by molar-refractivity contribution is -0.119. The van der Waals surface area contributed by atoms with E-state index >= 15 is 0 Å². The normalized spacial score (nSPS) is 10.5. The second-order valence-corrected chi connectivity index (χ2v) is 6.56. The van der Waals surface area contributed by atoms with E-state index in [0.29, 0.717) is 23.1 Å². The van der Waals surface area contributed by atoms with Gasteiger partial charge in [-0.05, 0) is 42.3 Å². The molecule has 0 spiro atoms. The lowest BCUT2D eigenvalue weighted by Crippen LogP contribution is -3.00. The minimum Gasteiger partial charge on any atom is -1.00 e. The molecular weight excluding hydrogens is 401 g/mol. The van der Waals surface area contributed by atoms with E-state index in [4.69, 9.17) is 26.8 Å². The zero-order valence-corrected chi connectivity index (χ0v) is 16.9. The molecule has 8 heteroatoms. The summed E-state index contributed by atoms with van der Waals surface area (Å²) in [5, 5.41) is 5.04. The van der Waals surface area contributed by atoms with Crippen LogP contribution < -0.4 is 32.9 Å². The van der Waals surface area contributed by atoms with Gasteiger partial charge in [-0.15, -0.1) is 0 Å². The number of nitrogens with one attached hydrogen (secondary N) is 2. The van der Waals surface area contributed by atoms with E-state index in [1.54, 1.807) is 6.07 Å². The van der Waals surface area contributed by atoms with Crippen molar-refractivity contribution in [1.82, 2.24) is 10.3 Å². The highest BCUT2D eigenvalue weighted by Crippen LogP contribution is 2.36. The predicted octanol–water partition coefficient (Wildman–Crippen LogP) is 0.0303. The number of rotatable bonds is 9. The number of ether oxygens (including phenoxy) is 2. The number of halogens is 2. The van der Waals surface area contributed by atoms with Crippen molar-refractivity contribution in [3.05, 3.63) is 58.7 Å². The summed E-state index contributed by atoms with van der Waals surface area (Å²) in [6.45, 7) is 1.20. The zero-order chi connectivity index (χ0) is 19.2. The van der Waals surface area contributed by atoms with Gasteiger partial charge in [-0.3, -0.25) is 4.79 Å². The Balaban J connectivity index is 0.00000280. The summed E-state index contributed by atoms with van der Waals surface area (Å²) in [4.78, 5) is 14.2. The average Bonchev–Trinajstić information content (AvgIpc) is 3.07. The number of fused-ring (bicyclic) bond motifs is 1. The standard InChI is InChI=1S/C20H22ClN3O3.ClH/c1-26-18-9-13(8-16(21)20(18)27-12-19(22)25)10-23-7-6-14-11-24-17-5-3-2-4-15(14)17;/h2-5,8-9,11,23-24H,6-7,10,12H2,1H3,(H2,22,25);1H/p-1. The molecule has 1 aromatic heterocycles. The van der Waals surface area contributed by atoms with Gasteiger partial charge in [0, 0.05) is 23.6 Å². The number of carbonyl (C=O) groups excluding carboxylic acids is 1. The van der Waals surface area contributed by atoms with Crippen LogP contribution in [0.1, 0.15) is 11.1 Å². The maximum atomic E-state index is 10.9. The number of aromatic amines is 1. The number of benzene rings is 2. The van der Waals surface area contributed by atoms with Crippen molar-refractivity contribution in [2.75, 3.05) is 20.3 Å². The van der Waals surface area contributed by atoms with Crippen molar-refractivity contribution >= 4 is 28.4 Å². The van der Waals surface area contributed by atoms with Crippen LogP contribution in [0, 0.1) is 0 Å². The number of hydrogen-bond acceptors (Lipinski definition) is 4. The number of aromatic nitrogens is 1. The number of primary amides is 1. The zero-order valence-electron chi connectivity index (χ0n) is 15.4. The molecule has 0 aliphatic carbocycles. The smallest absolute Gasteiger partial charge is 0.255 e. The molecule has 0 saturated carbocycles. The molecule has 150 valence electrons. The molecule has 0 aliphatic rings. The van der Waals surface area contributed by atoms with Gasteiger partial charge in [-0.1, -0.05) is 29.8 Å². The molecule has 0 radical (unpaired) electrons. The fourth-order valence-corrected chi connectivity index (χ4v) is 3.24. The molecule has 0 bridgehead atoms. The van der Waals surface area contributed by atoms with Crippen LogP contribution in [0.3, 0.4) is 0 Å². The number of methoxy groups -OCH3 is 1. The highest BCUT2D eigenvalue weighted by Gasteiger charge is 2.13. The van der Waals surface area contributed by atoms with Gasteiger partial charge in [0.1, 0.15) is 0 Å². The summed E-state index contributed by atoms with van der Waals surface area (Å²) in [6, 6.07) is 11.9. The SMILES string of the molecule is COc1cc(CNCCc2c[nH]c3ccccc23)cc(Cl)c1OCC(N)=O.[Cl-]. The van der Waals surface area contributed by atoms with Gasteiger partial charge in [-0.2, -0.15) is 0 Å². The molecule has 1 heterocycles. The molecule has 0 saturated heterocycles. The van der Waals surface area contributed by atoms with E-state index in [1.807, 2.05) is 18.2 Å². The number of amides is 1.